The SMILES string of the molecule is Cc1cc(C)cc(P(c2cc(C)cc(C)c2)c2c(C)sc(C)c2C2=C(P(c3ccccc3)c3ccccc3)C3CCC2(C)C3(C)C)c1. The Kier molecular flexibility index (Phi) is 8.53. The molecular weight excluding hydrogens is 622 g/mol. The Morgan fingerprint density at radius 3 is 1.51 bits per heavy atom. The molecule has 0 saturated heterocycles. The summed E-state index contributed by atoms with van der Waals surface area (Å²) in [5.74, 6) is 0.565. The van der Waals surface area contributed by atoms with Gasteiger partial charge in [-0.2, -0.15) is 0 Å². The van der Waals surface area contributed by atoms with Crippen molar-refractivity contribution in [2.24, 2.45) is 16.7 Å². The number of allylic oxidation sites excluding steroid dienone is 2. The van der Waals surface area contributed by atoms with Gasteiger partial charge in [0.1, 0.15) is 0 Å². The van der Waals surface area contributed by atoms with E-state index in [0.717, 1.165) is 0 Å². The number of benzene rings is 4. The normalized spacial score (nSPS) is 20.2. The first-order chi connectivity index (χ1) is 22.4. The van der Waals surface area contributed by atoms with E-state index in [1.807, 2.05) is 11.3 Å². The van der Waals surface area contributed by atoms with Crippen LogP contribution in [0.5, 0.6) is 0 Å². The molecule has 0 N–H and O–H groups in total. The van der Waals surface area contributed by atoms with E-state index >= 15 is 0 Å². The summed E-state index contributed by atoms with van der Waals surface area (Å²) in [6, 6.07) is 37.5. The highest BCUT2D eigenvalue weighted by atomic mass is 32.1. The third-order valence-electron chi connectivity index (χ3n) is 11.3. The van der Waals surface area contributed by atoms with Crippen molar-refractivity contribution < 1.29 is 0 Å². The summed E-state index contributed by atoms with van der Waals surface area (Å²) in [6.07, 6.45) is 2.54. The average Bonchev–Trinajstić information content (AvgIpc) is 3.49. The van der Waals surface area contributed by atoms with E-state index in [-0.39, 0.29) is 10.8 Å². The summed E-state index contributed by atoms with van der Waals surface area (Å²) in [5.41, 5.74) is 8.99. The number of fused-ring (bicyclic) bond motifs is 2. The molecule has 0 aliphatic heterocycles. The van der Waals surface area contributed by atoms with Crippen molar-refractivity contribution in [1.29, 1.82) is 0 Å². The molecule has 2 unspecified atom stereocenters. The molecule has 0 amide bonds. The van der Waals surface area contributed by atoms with Gasteiger partial charge in [0.15, 0.2) is 0 Å². The van der Waals surface area contributed by atoms with Gasteiger partial charge in [-0.1, -0.05) is 140 Å². The molecule has 0 spiro atoms. The fourth-order valence-corrected chi connectivity index (χ4v) is 16.5. The van der Waals surface area contributed by atoms with Crippen molar-refractivity contribution >= 4 is 59.3 Å². The summed E-state index contributed by atoms with van der Waals surface area (Å²) < 4.78 is 0. The van der Waals surface area contributed by atoms with Gasteiger partial charge in [-0.3, -0.25) is 0 Å². The Hall–Kier alpha value is -2.82. The minimum atomic E-state index is -0.774. The van der Waals surface area contributed by atoms with Crippen LogP contribution in [0.25, 0.3) is 5.57 Å². The summed E-state index contributed by atoms with van der Waals surface area (Å²) in [7, 11) is -1.47. The summed E-state index contributed by atoms with van der Waals surface area (Å²) >= 11 is 2.04. The van der Waals surface area contributed by atoms with Crippen LogP contribution in [-0.4, -0.2) is 0 Å². The first kappa shape index (κ1) is 32.7. The molecule has 2 atom stereocenters. The Morgan fingerprint density at radius 2 is 1.04 bits per heavy atom. The smallest absolute Gasteiger partial charge is 0.0107 e. The van der Waals surface area contributed by atoms with Gasteiger partial charge in [0.05, 0.1) is 0 Å². The van der Waals surface area contributed by atoms with Gasteiger partial charge in [0.25, 0.3) is 0 Å². The second kappa shape index (κ2) is 12.3. The lowest BCUT2D eigenvalue weighted by atomic mass is 9.66. The Morgan fingerprint density at radius 1 is 0.574 bits per heavy atom. The fourth-order valence-electron chi connectivity index (χ4n) is 8.94. The molecule has 7 rings (SSSR count). The lowest BCUT2D eigenvalue weighted by Gasteiger charge is -2.38. The van der Waals surface area contributed by atoms with Crippen molar-refractivity contribution in [3.05, 3.63) is 140 Å². The first-order valence-corrected chi connectivity index (χ1v) is 20.6. The van der Waals surface area contributed by atoms with E-state index in [0.29, 0.717) is 5.92 Å². The van der Waals surface area contributed by atoms with Crippen LogP contribution >= 0.6 is 27.2 Å². The standard InChI is InChI=1S/C44H48P2S/c1-28-22-29(2)25-36(24-28)46(37-26-30(3)23-31(4)27-37)41-33(6)47-32(5)39(41)40-42(38-20-21-44(40,9)43(38,7)8)45(34-16-12-10-13-17-34)35-18-14-11-15-19-35/h10-19,22-27,38H,20-21H2,1-9H3. The van der Waals surface area contributed by atoms with Gasteiger partial charge in [-0.05, 0) is 119 Å². The molecule has 2 bridgehead atoms. The van der Waals surface area contributed by atoms with E-state index < -0.39 is 15.8 Å². The van der Waals surface area contributed by atoms with Crippen molar-refractivity contribution in [1.82, 2.24) is 0 Å². The van der Waals surface area contributed by atoms with Crippen molar-refractivity contribution in [2.45, 2.75) is 75.2 Å². The third kappa shape index (κ3) is 5.42. The zero-order chi connectivity index (χ0) is 33.2. The van der Waals surface area contributed by atoms with Gasteiger partial charge < -0.3 is 0 Å². The fraction of sp³-hybridized carbons (Fsp3) is 0.318. The monoisotopic (exact) mass is 670 g/mol. The second-order valence-corrected chi connectivity index (χ2v) is 20.6. The highest BCUT2D eigenvalue weighted by Gasteiger charge is 2.62. The summed E-state index contributed by atoms with van der Waals surface area (Å²) in [5, 5.41) is 9.26. The molecule has 1 heterocycles. The molecular formula is C44H48P2S. The zero-order valence-corrected chi connectivity index (χ0v) is 32.1. The Labute approximate surface area is 289 Å². The highest BCUT2D eigenvalue weighted by Crippen LogP contribution is 2.76. The first-order valence-electron chi connectivity index (χ1n) is 17.1. The van der Waals surface area contributed by atoms with E-state index in [1.54, 1.807) is 21.8 Å². The van der Waals surface area contributed by atoms with E-state index in [4.69, 9.17) is 0 Å². The summed E-state index contributed by atoms with van der Waals surface area (Å²) in [4.78, 5) is 2.98. The predicted molar refractivity (Wildman–Crippen MR) is 212 cm³/mol. The maximum Gasteiger partial charge on any atom is 0.0107 e. The number of hydrogen-bond acceptors (Lipinski definition) is 1. The molecule has 4 aromatic carbocycles. The third-order valence-corrected chi connectivity index (χ3v) is 17.6. The van der Waals surface area contributed by atoms with Crippen LogP contribution < -0.4 is 26.5 Å². The maximum absolute atomic E-state index is 2.63. The molecule has 5 aromatic rings. The lowest BCUT2D eigenvalue weighted by molar-refractivity contribution is 0.189. The number of aryl methyl sites for hydroxylation is 6. The van der Waals surface area contributed by atoms with E-state index in [2.05, 4.69) is 159 Å². The van der Waals surface area contributed by atoms with Gasteiger partial charge in [0.2, 0.25) is 0 Å². The molecule has 3 heteroatoms. The quantitative estimate of drug-likeness (QED) is 0.151. The number of thiophene rings is 1. The zero-order valence-electron chi connectivity index (χ0n) is 29.5. The van der Waals surface area contributed by atoms with Crippen LogP contribution in [0.4, 0.5) is 0 Å². The summed E-state index contributed by atoms with van der Waals surface area (Å²) in [6.45, 7) is 21.7. The van der Waals surface area contributed by atoms with Gasteiger partial charge in [-0.25, -0.2) is 0 Å². The minimum absolute atomic E-state index is 0.107. The number of rotatable bonds is 7. The topological polar surface area (TPSA) is 0 Å². The molecule has 2 aliphatic carbocycles. The van der Waals surface area contributed by atoms with Crippen LogP contribution in [0.15, 0.2) is 102 Å². The minimum Gasteiger partial charge on any atom is -0.145 e. The van der Waals surface area contributed by atoms with Crippen LogP contribution in [-0.2, 0) is 0 Å². The Balaban J connectivity index is 1.59. The van der Waals surface area contributed by atoms with Crippen molar-refractivity contribution in [2.75, 3.05) is 0 Å². The van der Waals surface area contributed by atoms with Crippen LogP contribution in [0.2, 0.25) is 0 Å². The van der Waals surface area contributed by atoms with Crippen LogP contribution in [0.1, 0.15) is 71.2 Å². The lowest BCUT2D eigenvalue weighted by Crippen LogP contribution is -2.32. The van der Waals surface area contributed by atoms with Crippen molar-refractivity contribution in [3.8, 4) is 0 Å². The predicted octanol–water partition coefficient (Wildman–Crippen LogP) is 10.7. The van der Waals surface area contributed by atoms with E-state index in [1.165, 1.54) is 66.1 Å². The molecule has 0 radical (unpaired) electrons. The molecule has 0 nitrogen and oxygen atoms in total. The molecule has 1 saturated carbocycles. The van der Waals surface area contributed by atoms with Crippen LogP contribution in [0.3, 0.4) is 0 Å². The largest absolute Gasteiger partial charge is 0.145 e. The number of hydrogen-bond donors (Lipinski definition) is 0. The molecule has 47 heavy (non-hydrogen) atoms. The molecule has 2 aliphatic rings. The van der Waals surface area contributed by atoms with Crippen LogP contribution in [0, 0.1) is 58.3 Å². The Bertz CT molecular complexity index is 1870. The van der Waals surface area contributed by atoms with E-state index in [9.17, 15) is 0 Å². The molecule has 1 aromatic heterocycles. The molecule has 1 fully saturated rings. The van der Waals surface area contributed by atoms with Gasteiger partial charge >= 0.3 is 0 Å². The maximum atomic E-state index is 2.63. The average molecular weight is 671 g/mol. The molecule has 240 valence electrons. The van der Waals surface area contributed by atoms with Gasteiger partial charge in [0, 0.05) is 20.6 Å². The highest BCUT2D eigenvalue weighted by molar-refractivity contribution is 7.80. The van der Waals surface area contributed by atoms with Crippen molar-refractivity contribution in [3.63, 3.8) is 0 Å². The van der Waals surface area contributed by atoms with Gasteiger partial charge in [-0.15, -0.1) is 11.3 Å². The second-order valence-electron chi connectivity index (χ2n) is 14.9.